The van der Waals surface area contributed by atoms with Crippen molar-refractivity contribution in [2.75, 3.05) is 0 Å². The smallest absolute Gasteiger partial charge is 0.222 e. The van der Waals surface area contributed by atoms with Crippen LogP contribution in [0.25, 0.3) is 39.6 Å². The monoisotopic (exact) mass is 604 g/mol. The Morgan fingerprint density at radius 3 is 2.07 bits per heavy atom. The predicted octanol–water partition coefficient (Wildman–Crippen LogP) is 7.76. The number of rotatable bonds is 12. The number of unbranched alkanes of at least 4 members (excludes halogenated alkanes) is 1. The van der Waals surface area contributed by atoms with Gasteiger partial charge in [0.25, 0.3) is 0 Å². The molecule has 0 fully saturated rings. The van der Waals surface area contributed by atoms with E-state index in [9.17, 15) is 0 Å². The maximum Gasteiger partial charge on any atom is 0.222 e. The molecule has 7 rings (SSSR count). The molecule has 0 aliphatic rings. The van der Waals surface area contributed by atoms with E-state index in [1.54, 1.807) is 0 Å². The van der Waals surface area contributed by atoms with E-state index in [-0.39, 0.29) is 0 Å². The van der Waals surface area contributed by atoms with Crippen LogP contribution in [0, 0.1) is 0 Å². The number of benzene rings is 4. The molecule has 8 nitrogen and oxygen atoms in total. The van der Waals surface area contributed by atoms with Gasteiger partial charge in [0.2, 0.25) is 5.82 Å². The molecule has 228 valence electrons. The third-order valence-corrected chi connectivity index (χ3v) is 8.27. The summed E-state index contributed by atoms with van der Waals surface area (Å²) in [5.41, 5.74) is 8.64. The number of nitrogens with zero attached hydrogens (tertiary/aromatic N) is 7. The molecular weight excluding hydrogens is 568 g/mol. The van der Waals surface area contributed by atoms with Crippen molar-refractivity contribution in [1.82, 2.24) is 40.0 Å². The molecule has 0 atom stereocenters. The van der Waals surface area contributed by atoms with Gasteiger partial charge in [0.05, 0.1) is 12.2 Å². The average Bonchev–Trinajstić information content (AvgIpc) is 3.87. The minimum atomic E-state index is 0.538. The van der Waals surface area contributed by atoms with E-state index in [1.165, 1.54) is 11.1 Å². The molecule has 0 spiro atoms. The standard InChI is InChI=1S/C38H36N8/c1-2-3-19-36-39-35(25-22-28-13-7-4-8-14-28)42-45(36)27-29-20-23-32(24-21-29)46-34(31-17-11-6-12-18-31)26-33(30-15-9-5-10-16-30)37(46)38-40-43-44-41-38/h4-18,20-21,23-24,26H,2-3,19,22,25,27H2,1H3,(H,40,41,43,44). The van der Waals surface area contributed by atoms with Crippen LogP contribution in [0.5, 0.6) is 0 Å². The lowest BCUT2D eigenvalue weighted by Gasteiger charge is -2.14. The van der Waals surface area contributed by atoms with Gasteiger partial charge in [-0.25, -0.2) is 9.67 Å². The fraction of sp³-hybridized carbons (Fsp3) is 0.184. The summed E-state index contributed by atoms with van der Waals surface area (Å²) in [5, 5.41) is 20.4. The summed E-state index contributed by atoms with van der Waals surface area (Å²) < 4.78 is 4.32. The van der Waals surface area contributed by atoms with E-state index in [0.29, 0.717) is 12.4 Å². The van der Waals surface area contributed by atoms with E-state index in [4.69, 9.17) is 10.1 Å². The predicted molar refractivity (Wildman–Crippen MR) is 181 cm³/mol. The molecule has 0 amide bonds. The van der Waals surface area contributed by atoms with Crippen molar-refractivity contribution in [3.05, 3.63) is 144 Å². The van der Waals surface area contributed by atoms with Gasteiger partial charge < -0.3 is 4.57 Å². The highest BCUT2D eigenvalue weighted by molar-refractivity contribution is 5.86. The molecule has 4 aromatic carbocycles. The summed E-state index contributed by atoms with van der Waals surface area (Å²) in [7, 11) is 0. The van der Waals surface area contributed by atoms with Gasteiger partial charge in [0, 0.05) is 24.1 Å². The van der Waals surface area contributed by atoms with Crippen LogP contribution in [0.15, 0.2) is 121 Å². The first-order valence-electron chi connectivity index (χ1n) is 15.9. The SMILES string of the molecule is CCCCc1nc(CCc2ccccc2)nn1Cc1ccc(-n2c(-c3ccccc3)cc(-c3ccccc3)c2-c2nn[nH]n2)cc1. The number of aromatic nitrogens is 8. The average molecular weight is 605 g/mol. The summed E-state index contributed by atoms with van der Waals surface area (Å²) in [6.45, 7) is 2.88. The molecule has 0 bridgehead atoms. The van der Waals surface area contributed by atoms with Crippen LogP contribution >= 0.6 is 0 Å². The summed E-state index contributed by atoms with van der Waals surface area (Å²) in [4.78, 5) is 4.97. The third kappa shape index (κ3) is 6.28. The highest BCUT2D eigenvalue weighted by atomic mass is 15.5. The number of hydrogen-bond acceptors (Lipinski definition) is 5. The summed E-state index contributed by atoms with van der Waals surface area (Å²) >= 11 is 0. The Balaban J connectivity index is 1.24. The van der Waals surface area contributed by atoms with Crippen molar-refractivity contribution in [3.63, 3.8) is 0 Å². The van der Waals surface area contributed by atoms with Crippen LogP contribution in [0.2, 0.25) is 0 Å². The molecule has 0 unspecified atom stereocenters. The second-order valence-electron chi connectivity index (χ2n) is 11.5. The zero-order valence-electron chi connectivity index (χ0n) is 25.9. The van der Waals surface area contributed by atoms with Crippen molar-refractivity contribution in [2.45, 2.75) is 45.6 Å². The van der Waals surface area contributed by atoms with E-state index < -0.39 is 0 Å². The van der Waals surface area contributed by atoms with E-state index in [0.717, 1.165) is 77.5 Å². The van der Waals surface area contributed by atoms with Gasteiger partial charge in [0.15, 0.2) is 5.82 Å². The fourth-order valence-electron chi connectivity index (χ4n) is 5.92. The molecule has 0 saturated heterocycles. The summed E-state index contributed by atoms with van der Waals surface area (Å²) in [6.07, 6.45) is 4.89. The normalized spacial score (nSPS) is 11.2. The van der Waals surface area contributed by atoms with Crippen molar-refractivity contribution in [1.29, 1.82) is 0 Å². The Bertz CT molecular complexity index is 1980. The number of aromatic amines is 1. The molecule has 0 aliphatic carbocycles. The Morgan fingerprint density at radius 2 is 1.39 bits per heavy atom. The lowest BCUT2D eigenvalue weighted by molar-refractivity contribution is 0.613. The lowest BCUT2D eigenvalue weighted by Crippen LogP contribution is -2.08. The maximum absolute atomic E-state index is 4.97. The number of nitrogens with one attached hydrogen (secondary N) is 1. The van der Waals surface area contributed by atoms with Gasteiger partial charge in [0.1, 0.15) is 11.5 Å². The molecule has 0 saturated carbocycles. The van der Waals surface area contributed by atoms with Crippen molar-refractivity contribution in [3.8, 4) is 39.6 Å². The zero-order valence-corrected chi connectivity index (χ0v) is 25.9. The van der Waals surface area contributed by atoms with Crippen molar-refractivity contribution >= 4 is 0 Å². The fourth-order valence-corrected chi connectivity index (χ4v) is 5.92. The molecule has 7 aromatic rings. The minimum absolute atomic E-state index is 0.538. The van der Waals surface area contributed by atoms with Crippen molar-refractivity contribution < 1.29 is 0 Å². The molecular formula is C38H36N8. The van der Waals surface area contributed by atoms with Gasteiger partial charge in [-0.05, 0) is 58.5 Å². The molecule has 46 heavy (non-hydrogen) atoms. The maximum atomic E-state index is 4.97. The lowest BCUT2D eigenvalue weighted by atomic mass is 10.0. The Morgan fingerprint density at radius 1 is 0.696 bits per heavy atom. The minimum Gasteiger partial charge on any atom is -0.306 e. The topological polar surface area (TPSA) is 90.1 Å². The number of aryl methyl sites for hydroxylation is 3. The Hall–Kier alpha value is -5.63. The van der Waals surface area contributed by atoms with Crippen LogP contribution in [-0.2, 0) is 25.8 Å². The van der Waals surface area contributed by atoms with E-state index >= 15 is 0 Å². The first kappa shape index (κ1) is 29.1. The molecule has 0 aliphatic heterocycles. The second-order valence-corrected chi connectivity index (χ2v) is 11.5. The van der Waals surface area contributed by atoms with Gasteiger partial charge in [-0.1, -0.05) is 116 Å². The number of tetrazole rings is 1. The quantitative estimate of drug-likeness (QED) is 0.154. The Labute approximate surface area is 268 Å². The van der Waals surface area contributed by atoms with E-state index in [1.807, 2.05) is 12.1 Å². The largest absolute Gasteiger partial charge is 0.306 e. The van der Waals surface area contributed by atoms with Crippen LogP contribution in [-0.4, -0.2) is 40.0 Å². The molecule has 3 aromatic heterocycles. The van der Waals surface area contributed by atoms with Gasteiger partial charge >= 0.3 is 0 Å². The van der Waals surface area contributed by atoms with E-state index in [2.05, 4.69) is 146 Å². The molecule has 3 heterocycles. The molecule has 8 heteroatoms. The summed E-state index contributed by atoms with van der Waals surface area (Å²) in [5.74, 6) is 2.50. The summed E-state index contributed by atoms with van der Waals surface area (Å²) in [6, 6.07) is 42.3. The molecule has 1 N–H and O–H groups in total. The number of H-pyrrole nitrogens is 1. The van der Waals surface area contributed by atoms with Gasteiger partial charge in [-0.15, -0.1) is 10.2 Å². The van der Waals surface area contributed by atoms with Crippen LogP contribution in [0.3, 0.4) is 0 Å². The van der Waals surface area contributed by atoms with Gasteiger partial charge in [-0.3, -0.25) is 0 Å². The zero-order chi connectivity index (χ0) is 31.1. The molecule has 0 radical (unpaired) electrons. The van der Waals surface area contributed by atoms with Crippen LogP contribution < -0.4 is 0 Å². The Kier molecular flexibility index (Phi) is 8.58. The second kappa shape index (κ2) is 13.6. The van der Waals surface area contributed by atoms with Crippen LogP contribution in [0.4, 0.5) is 0 Å². The van der Waals surface area contributed by atoms with Gasteiger partial charge in [-0.2, -0.15) is 10.3 Å². The highest BCUT2D eigenvalue weighted by Gasteiger charge is 2.23. The van der Waals surface area contributed by atoms with Crippen LogP contribution in [0.1, 0.15) is 42.5 Å². The number of hydrogen-bond donors (Lipinski definition) is 1. The van der Waals surface area contributed by atoms with Crippen molar-refractivity contribution in [2.24, 2.45) is 0 Å². The highest BCUT2D eigenvalue weighted by Crippen LogP contribution is 2.39. The first-order valence-corrected chi connectivity index (χ1v) is 15.9. The first-order chi connectivity index (χ1) is 22.8. The third-order valence-electron chi connectivity index (χ3n) is 8.27.